The molecule has 0 unspecified atom stereocenters. The van der Waals surface area contributed by atoms with Crippen molar-refractivity contribution in [3.8, 4) is 0 Å². The molecule has 1 fully saturated rings. The van der Waals surface area contributed by atoms with Gasteiger partial charge >= 0.3 is 0 Å². The van der Waals surface area contributed by atoms with Gasteiger partial charge in [0.1, 0.15) is 0 Å². The van der Waals surface area contributed by atoms with Gasteiger partial charge in [-0.2, -0.15) is 0 Å². The van der Waals surface area contributed by atoms with Crippen molar-refractivity contribution in [2.24, 2.45) is 11.7 Å². The number of piperidine rings is 1. The van der Waals surface area contributed by atoms with Crippen LogP contribution in [-0.4, -0.2) is 34.0 Å². The lowest BCUT2D eigenvalue weighted by Gasteiger charge is -2.32. The summed E-state index contributed by atoms with van der Waals surface area (Å²) in [7, 11) is 0. The Morgan fingerprint density at radius 2 is 2.11 bits per heavy atom. The van der Waals surface area contributed by atoms with E-state index in [1.54, 1.807) is 0 Å². The molecule has 6 heteroatoms. The van der Waals surface area contributed by atoms with E-state index in [9.17, 15) is 0 Å². The summed E-state index contributed by atoms with van der Waals surface area (Å²) in [6.07, 6.45) is 8.01. The number of fused-ring (bicyclic) bond motifs is 1. The van der Waals surface area contributed by atoms with Crippen LogP contribution in [0.15, 0.2) is 18.6 Å². The van der Waals surface area contributed by atoms with Crippen molar-refractivity contribution >= 4 is 34.2 Å². The molecule has 3 heterocycles. The SMILES string of the molecule is NCC1CCN(c2ncc(I)c3nccn23)CC1. The van der Waals surface area contributed by atoms with Crippen molar-refractivity contribution in [1.82, 2.24) is 14.4 Å². The normalized spacial score (nSPS) is 17.6. The van der Waals surface area contributed by atoms with E-state index >= 15 is 0 Å². The van der Waals surface area contributed by atoms with Gasteiger partial charge in [-0.3, -0.25) is 4.40 Å². The molecule has 1 saturated heterocycles. The topological polar surface area (TPSA) is 59.5 Å². The molecule has 0 aromatic carbocycles. The molecule has 0 spiro atoms. The average molecular weight is 357 g/mol. The molecule has 1 aliphatic heterocycles. The van der Waals surface area contributed by atoms with Crippen molar-refractivity contribution < 1.29 is 0 Å². The van der Waals surface area contributed by atoms with Crippen molar-refractivity contribution in [3.05, 3.63) is 22.2 Å². The van der Waals surface area contributed by atoms with E-state index in [2.05, 4.69) is 41.9 Å². The Balaban J connectivity index is 1.91. The number of anilines is 1. The van der Waals surface area contributed by atoms with Crippen LogP contribution in [0.2, 0.25) is 0 Å². The van der Waals surface area contributed by atoms with Crippen molar-refractivity contribution in [2.45, 2.75) is 12.8 Å². The van der Waals surface area contributed by atoms with Crippen molar-refractivity contribution in [3.63, 3.8) is 0 Å². The van der Waals surface area contributed by atoms with E-state index in [-0.39, 0.29) is 0 Å². The zero-order valence-corrected chi connectivity index (χ0v) is 12.2. The van der Waals surface area contributed by atoms with Gasteiger partial charge in [0.2, 0.25) is 5.95 Å². The summed E-state index contributed by atoms with van der Waals surface area (Å²) in [4.78, 5) is 11.3. The van der Waals surface area contributed by atoms with Gasteiger partial charge in [0.05, 0.1) is 3.57 Å². The average Bonchev–Trinajstić information content (AvgIpc) is 2.90. The number of imidazole rings is 1. The quantitative estimate of drug-likeness (QED) is 0.828. The molecule has 0 radical (unpaired) electrons. The summed E-state index contributed by atoms with van der Waals surface area (Å²) in [5, 5.41) is 0. The van der Waals surface area contributed by atoms with Gasteiger partial charge in [0.15, 0.2) is 5.65 Å². The minimum absolute atomic E-state index is 0.670. The fourth-order valence-electron chi connectivity index (χ4n) is 2.48. The molecule has 3 rings (SSSR count). The first-order valence-corrected chi connectivity index (χ1v) is 7.30. The van der Waals surface area contributed by atoms with Gasteiger partial charge in [0, 0.05) is 31.7 Å². The second-order valence-corrected chi connectivity index (χ2v) is 5.86. The van der Waals surface area contributed by atoms with Crippen LogP contribution < -0.4 is 10.6 Å². The van der Waals surface area contributed by atoms with Gasteiger partial charge in [-0.1, -0.05) is 0 Å². The lowest BCUT2D eigenvalue weighted by atomic mass is 9.97. The zero-order chi connectivity index (χ0) is 12.5. The van der Waals surface area contributed by atoms with Crippen LogP contribution in [0.1, 0.15) is 12.8 Å². The Hall–Kier alpha value is -0.890. The highest BCUT2D eigenvalue weighted by molar-refractivity contribution is 14.1. The van der Waals surface area contributed by atoms with E-state index in [1.807, 2.05) is 18.6 Å². The summed E-state index contributed by atoms with van der Waals surface area (Å²) in [6, 6.07) is 0. The first kappa shape index (κ1) is 12.2. The first-order valence-electron chi connectivity index (χ1n) is 6.22. The van der Waals surface area contributed by atoms with Crippen LogP contribution in [0.25, 0.3) is 5.65 Å². The molecule has 18 heavy (non-hydrogen) atoms. The molecule has 0 saturated carbocycles. The Morgan fingerprint density at radius 1 is 1.33 bits per heavy atom. The second-order valence-electron chi connectivity index (χ2n) is 4.69. The minimum Gasteiger partial charge on any atom is -0.342 e. The van der Waals surface area contributed by atoms with Crippen LogP contribution >= 0.6 is 22.6 Å². The van der Waals surface area contributed by atoms with Gasteiger partial charge in [-0.05, 0) is 47.9 Å². The number of hydrogen-bond acceptors (Lipinski definition) is 4. The van der Waals surface area contributed by atoms with Crippen LogP contribution in [-0.2, 0) is 0 Å². The summed E-state index contributed by atoms with van der Waals surface area (Å²) < 4.78 is 3.16. The third-order valence-electron chi connectivity index (χ3n) is 3.59. The largest absolute Gasteiger partial charge is 0.342 e. The van der Waals surface area contributed by atoms with Crippen molar-refractivity contribution in [1.29, 1.82) is 0 Å². The third-order valence-corrected chi connectivity index (χ3v) is 4.35. The first-order chi connectivity index (χ1) is 8.79. The summed E-state index contributed by atoms with van der Waals surface area (Å²) in [5.41, 5.74) is 6.72. The van der Waals surface area contributed by atoms with E-state index < -0.39 is 0 Å². The summed E-state index contributed by atoms with van der Waals surface area (Å²) in [6.45, 7) is 2.86. The van der Waals surface area contributed by atoms with E-state index in [0.717, 1.165) is 47.6 Å². The number of nitrogens with zero attached hydrogens (tertiary/aromatic N) is 4. The Morgan fingerprint density at radius 3 is 2.83 bits per heavy atom. The third kappa shape index (κ3) is 2.07. The number of aromatic nitrogens is 3. The standard InChI is InChI=1S/C12H16IN5/c13-10-8-16-12(18-6-3-15-11(10)18)17-4-1-9(7-14)2-5-17/h3,6,8-9H,1-2,4-5,7,14H2. The molecular formula is C12H16IN5. The maximum atomic E-state index is 5.73. The molecule has 0 bridgehead atoms. The zero-order valence-electron chi connectivity index (χ0n) is 10.1. The van der Waals surface area contributed by atoms with E-state index in [1.165, 1.54) is 0 Å². The molecule has 96 valence electrons. The number of halogens is 1. The lowest BCUT2D eigenvalue weighted by molar-refractivity contribution is 0.410. The molecule has 0 amide bonds. The highest BCUT2D eigenvalue weighted by Crippen LogP contribution is 2.23. The highest BCUT2D eigenvalue weighted by atomic mass is 127. The smallest absolute Gasteiger partial charge is 0.211 e. The van der Waals surface area contributed by atoms with E-state index in [0.29, 0.717) is 5.92 Å². The highest BCUT2D eigenvalue weighted by Gasteiger charge is 2.21. The van der Waals surface area contributed by atoms with Gasteiger partial charge in [0.25, 0.3) is 0 Å². The summed E-state index contributed by atoms with van der Waals surface area (Å²) in [5.74, 6) is 1.67. The molecule has 1 aliphatic rings. The maximum Gasteiger partial charge on any atom is 0.211 e. The maximum absolute atomic E-state index is 5.73. The van der Waals surface area contributed by atoms with E-state index in [4.69, 9.17) is 5.73 Å². The molecule has 0 aliphatic carbocycles. The number of rotatable bonds is 2. The van der Waals surface area contributed by atoms with Gasteiger partial charge in [-0.25, -0.2) is 9.97 Å². The molecule has 2 aromatic heterocycles. The van der Waals surface area contributed by atoms with Crippen LogP contribution in [0.3, 0.4) is 0 Å². The van der Waals surface area contributed by atoms with Crippen LogP contribution in [0.4, 0.5) is 5.95 Å². The fraction of sp³-hybridized carbons (Fsp3) is 0.500. The van der Waals surface area contributed by atoms with Crippen molar-refractivity contribution in [2.75, 3.05) is 24.5 Å². The molecule has 5 nitrogen and oxygen atoms in total. The molecular weight excluding hydrogens is 341 g/mol. The van der Waals surface area contributed by atoms with Crippen LogP contribution in [0.5, 0.6) is 0 Å². The predicted octanol–water partition coefficient (Wildman–Crippen LogP) is 1.51. The predicted molar refractivity (Wildman–Crippen MR) is 79.7 cm³/mol. The molecule has 0 atom stereocenters. The fourth-order valence-corrected chi connectivity index (χ4v) is 3.02. The number of hydrogen-bond donors (Lipinski definition) is 1. The number of nitrogens with two attached hydrogens (primary N) is 1. The summed E-state index contributed by atoms with van der Waals surface area (Å²) >= 11 is 2.27. The lowest BCUT2D eigenvalue weighted by Crippen LogP contribution is -2.37. The Kier molecular flexibility index (Phi) is 3.38. The molecule has 2 aromatic rings. The van der Waals surface area contributed by atoms with Crippen LogP contribution in [0, 0.1) is 9.49 Å². The Bertz CT molecular complexity index is 544. The monoisotopic (exact) mass is 357 g/mol. The minimum atomic E-state index is 0.670. The Labute approximate surface area is 120 Å². The van der Waals surface area contributed by atoms with Gasteiger partial charge < -0.3 is 10.6 Å². The van der Waals surface area contributed by atoms with Gasteiger partial charge in [-0.15, -0.1) is 0 Å². The molecule has 2 N–H and O–H groups in total. The second kappa shape index (κ2) is 5.00.